The van der Waals surface area contributed by atoms with Gasteiger partial charge in [-0.15, -0.1) is 0 Å². The molecule has 1 aliphatic carbocycles. The number of hydrogen-bond acceptors (Lipinski definition) is 2. The number of rotatable bonds is 5. The lowest BCUT2D eigenvalue weighted by Gasteiger charge is -2.35. The highest BCUT2D eigenvalue weighted by Gasteiger charge is 2.41. The van der Waals surface area contributed by atoms with Gasteiger partial charge in [0.1, 0.15) is 4.75 Å². The van der Waals surface area contributed by atoms with Crippen molar-refractivity contribution in [2.45, 2.75) is 37.4 Å². The lowest BCUT2D eigenvalue weighted by Crippen LogP contribution is -2.47. The van der Waals surface area contributed by atoms with Crippen LogP contribution in [0.1, 0.15) is 43.7 Å². The summed E-state index contributed by atoms with van der Waals surface area (Å²) in [7, 11) is -3.36. The van der Waals surface area contributed by atoms with E-state index in [-0.39, 0.29) is 0 Å². The smallest absolute Gasteiger partial charge is 0.211 e. The lowest BCUT2D eigenvalue weighted by molar-refractivity contribution is 0.337. The van der Waals surface area contributed by atoms with Crippen molar-refractivity contribution in [3.63, 3.8) is 0 Å². The number of benzene rings is 2. The molecule has 1 saturated heterocycles. The molecule has 30 heavy (non-hydrogen) atoms. The maximum absolute atomic E-state index is 13.3. The average molecular weight is 420 g/mol. The number of hydrogen-bond donors (Lipinski definition) is 0. The fraction of sp³-hybridized carbons (Fsp3) is 0.308. The maximum Gasteiger partial charge on any atom is 0.223 e. The number of allylic oxidation sites excluding steroid dienone is 4. The number of piperidine rings is 1. The molecular formula is C26H29NO2S. The molecule has 0 aromatic heterocycles. The first kappa shape index (κ1) is 20.8. The van der Waals surface area contributed by atoms with Crippen LogP contribution in [0.5, 0.6) is 0 Å². The first-order valence-electron chi connectivity index (χ1n) is 10.7. The van der Waals surface area contributed by atoms with Crippen molar-refractivity contribution in [1.82, 2.24) is 4.31 Å². The summed E-state index contributed by atoms with van der Waals surface area (Å²) in [5.41, 5.74) is 4.47. The highest BCUT2D eigenvalue weighted by Crippen LogP contribution is 2.34. The van der Waals surface area contributed by atoms with E-state index >= 15 is 0 Å². The Balaban J connectivity index is 1.63. The molecule has 0 radical (unpaired) electrons. The van der Waals surface area contributed by atoms with E-state index in [1.54, 1.807) is 4.31 Å². The minimum Gasteiger partial charge on any atom is -0.211 e. The van der Waals surface area contributed by atoms with Gasteiger partial charge in [0, 0.05) is 13.1 Å². The predicted octanol–water partition coefficient (Wildman–Crippen LogP) is 5.58. The highest BCUT2D eigenvalue weighted by atomic mass is 32.2. The Hall–Kier alpha value is -2.43. The van der Waals surface area contributed by atoms with E-state index in [2.05, 4.69) is 36.4 Å². The van der Waals surface area contributed by atoms with Crippen molar-refractivity contribution >= 4 is 15.6 Å². The van der Waals surface area contributed by atoms with Crippen molar-refractivity contribution in [3.05, 3.63) is 102 Å². The van der Waals surface area contributed by atoms with Crippen LogP contribution in [0.15, 0.2) is 90.5 Å². The summed E-state index contributed by atoms with van der Waals surface area (Å²) < 4.78 is 27.3. The van der Waals surface area contributed by atoms with Gasteiger partial charge in [-0.05, 0) is 54.5 Å². The van der Waals surface area contributed by atoms with Crippen molar-refractivity contribution in [2.75, 3.05) is 13.1 Å². The first-order chi connectivity index (χ1) is 14.5. The first-order valence-corrected chi connectivity index (χ1v) is 12.2. The van der Waals surface area contributed by atoms with Crippen LogP contribution in [0, 0.1) is 0 Å². The molecule has 0 amide bonds. The molecule has 0 spiro atoms. The van der Waals surface area contributed by atoms with Crippen LogP contribution in [-0.4, -0.2) is 30.6 Å². The van der Waals surface area contributed by atoms with Gasteiger partial charge in [0.05, 0.1) is 0 Å². The molecule has 3 nitrogen and oxygen atoms in total. The Morgan fingerprint density at radius 3 is 1.97 bits per heavy atom. The molecule has 1 heterocycles. The summed E-state index contributed by atoms with van der Waals surface area (Å²) in [4.78, 5) is 0. The molecule has 1 fully saturated rings. The quantitative estimate of drug-likeness (QED) is 0.634. The molecule has 4 rings (SSSR count). The van der Waals surface area contributed by atoms with Crippen molar-refractivity contribution in [2.24, 2.45) is 0 Å². The van der Waals surface area contributed by atoms with Crippen LogP contribution in [-0.2, 0) is 10.0 Å². The standard InChI is InChI=1S/C26H29NO2S/c1-26(30(28,29)27-19-9-4-10-20-27)17-15-22(16-18-26)21-25(23-11-5-2-6-12-23)24-13-7-3-8-14-24/h2-3,5-8,11-17,21H,4,9-10,18-20H2,1H3. The number of nitrogens with zero attached hydrogens (tertiary/aromatic N) is 1. The van der Waals surface area contributed by atoms with Crippen molar-refractivity contribution < 1.29 is 8.42 Å². The topological polar surface area (TPSA) is 37.4 Å². The van der Waals surface area contributed by atoms with E-state index in [4.69, 9.17) is 0 Å². The molecule has 0 bridgehead atoms. The van der Waals surface area contributed by atoms with Crippen LogP contribution in [0.3, 0.4) is 0 Å². The van der Waals surface area contributed by atoms with Crippen LogP contribution < -0.4 is 0 Å². The van der Waals surface area contributed by atoms with E-state index < -0.39 is 14.8 Å². The third-order valence-electron chi connectivity index (χ3n) is 6.10. The maximum atomic E-state index is 13.3. The molecule has 156 valence electrons. The Labute approximate surface area is 180 Å². The summed E-state index contributed by atoms with van der Waals surface area (Å²) >= 11 is 0. The summed E-state index contributed by atoms with van der Waals surface area (Å²) in [5.74, 6) is 0. The fourth-order valence-corrected chi connectivity index (χ4v) is 6.03. The van der Waals surface area contributed by atoms with Gasteiger partial charge in [-0.2, -0.15) is 0 Å². The minimum absolute atomic E-state index is 0.491. The minimum atomic E-state index is -3.36. The van der Waals surface area contributed by atoms with E-state index in [9.17, 15) is 8.42 Å². The third kappa shape index (κ3) is 4.21. The summed E-state index contributed by atoms with van der Waals surface area (Å²) in [6.45, 7) is 3.14. The van der Waals surface area contributed by atoms with Crippen LogP contribution in [0.2, 0.25) is 0 Å². The second-order valence-corrected chi connectivity index (χ2v) is 10.7. The van der Waals surface area contributed by atoms with Crippen molar-refractivity contribution in [1.29, 1.82) is 0 Å². The average Bonchev–Trinajstić information content (AvgIpc) is 2.80. The van der Waals surface area contributed by atoms with Gasteiger partial charge < -0.3 is 0 Å². The van der Waals surface area contributed by atoms with E-state index in [1.807, 2.05) is 55.5 Å². The second kappa shape index (κ2) is 8.75. The van der Waals surface area contributed by atoms with Crippen molar-refractivity contribution in [3.8, 4) is 0 Å². The summed E-state index contributed by atoms with van der Waals surface area (Å²) in [5, 5.41) is 0. The summed E-state index contributed by atoms with van der Waals surface area (Å²) in [6.07, 6.45) is 11.6. The molecular weight excluding hydrogens is 390 g/mol. The van der Waals surface area contributed by atoms with Crippen LogP contribution >= 0.6 is 0 Å². The number of sulfonamides is 1. The molecule has 4 heteroatoms. The Morgan fingerprint density at radius 2 is 1.47 bits per heavy atom. The Kier molecular flexibility index (Phi) is 6.07. The van der Waals surface area contributed by atoms with Gasteiger partial charge in [-0.3, -0.25) is 0 Å². The van der Waals surface area contributed by atoms with E-state index in [0.29, 0.717) is 19.5 Å². The van der Waals surface area contributed by atoms with Gasteiger partial charge in [-0.25, -0.2) is 12.7 Å². The SMILES string of the molecule is CC1(S(=O)(=O)N2CCCCC2)C=CC(C=C(c2ccccc2)c2ccccc2)=CC1. The monoisotopic (exact) mass is 419 g/mol. The zero-order valence-corrected chi connectivity index (χ0v) is 18.3. The zero-order valence-electron chi connectivity index (χ0n) is 17.5. The van der Waals surface area contributed by atoms with Crippen LogP contribution in [0.25, 0.3) is 5.57 Å². The molecule has 0 saturated carbocycles. The summed E-state index contributed by atoms with van der Waals surface area (Å²) in [6, 6.07) is 20.6. The zero-order chi connectivity index (χ0) is 21.0. The molecule has 2 aromatic rings. The van der Waals surface area contributed by atoms with Gasteiger partial charge in [0.25, 0.3) is 0 Å². The Morgan fingerprint density at radius 1 is 0.900 bits per heavy atom. The van der Waals surface area contributed by atoms with Gasteiger partial charge in [0.15, 0.2) is 0 Å². The third-order valence-corrected chi connectivity index (χ3v) is 8.62. The van der Waals surface area contributed by atoms with E-state index in [1.165, 1.54) is 0 Å². The fourth-order valence-electron chi connectivity index (χ4n) is 4.16. The van der Waals surface area contributed by atoms with Crippen LogP contribution in [0.4, 0.5) is 0 Å². The highest BCUT2D eigenvalue weighted by molar-refractivity contribution is 7.90. The normalized spacial score (nSPS) is 22.4. The molecule has 1 unspecified atom stereocenters. The molecule has 2 aromatic carbocycles. The predicted molar refractivity (Wildman–Crippen MR) is 125 cm³/mol. The van der Waals surface area contributed by atoms with Gasteiger partial charge in [0.2, 0.25) is 10.0 Å². The second-order valence-electron chi connectivity index (χ2n) is 8.31. The van der Waals surface area contributed by atoms with Gasteiger partial charge >= 0.3 is 0 Å². The Bertz CT molecular complexity index is 1020. The largest absolute Gasteiger partial charge is 0.223 e. The molecule has 0 N–H and O–H groups in total. The molecule has 1 aliphatic heterocycles. The molecule has 1 atom stereocenters. The van der Waals surface area contributed by atoms with Gasteiger partial charge in [-0.1, -0.05) is 85.3 Å². The lowest BCUT2D eigenvalue weighted by atomic mass is 9.92. The van der Waals surface area contributed by atoms with E-state index in [0.717, 1.165) is 41.5 Å². The molecule has 2 aliphatic rings.